The molecule has 2 aliphatic carbocycles. The Hall–Kier alpha value is -4.40. The summed E-state index contributed by atoms with van der Waals surface area (Å²) < 4.78 is 0.133. The van der Waals surface area contributed by atoms with Gasteiger partial charge >= 0.3 is 0 Å². The highest BCUT2D eigenvalue weighted by molar-refractivity contribution is 14.1. The van der Waals surface area contributed by atoms with Gasteiger partial charge in [0.2, 0.25) is 0 Å². The first kappa shape index (κ1) is 52.1. The topological polar surface area (TPSA) is 6.48 Å². The average Bonchev–Trinajstić information content (AvgIpc) is 3.84. The summed E-state index contributed by atoms with van der Waals surface area (Å²) in [6.07, 6.45) is 19.3. The molecule has 73 heavy (non-hydrogen) atoms. The van der Waals surface area contributed by atoms with Gasteiger partial charge in [-0.25, -0.2) is 0 Å². The molecule has 1 aliphatic heterocycles. The lowest BCUT2D eigenvalue weighted by atomic mass is 9.72. The van der Waals surface area contributed by atoms with E-state index in [1.54, 1.807) is 0 Å². The van der Waals surface area contributed by atoms with E-state index >= 15 is 0 Å². The summed E-state index contributed by atoms with van der Waals surface area (Å²) in [6, 6.07) is 57.2. The molecule has 0 saturated heterocycles. The molecule has 0 bridgehead atoms. The molecule has 0 aromatic heterocycles. The van der Waals surface area contributed by atoms with Gasteiger partial charge in [-0.05, 0) is 180 Å². The molecule has 0 fully saturated rings. The third-order valence-electron chi connectivity index (χ3n) is 17.3. The predicted octanol–water partition coefficient (Wildman–Crippen LogP) is 21.9. The minimum atomic E-state index is -0.190. The molecule has 0 spiro atoms. The van der Waals surface area contributed by atoms with Crippen molar-refractivity contribution in [1.82, 2.24) is 0 Å². The van der Waals surface area contributed by atoms with Crippen LogP contribution in [-0.2, 0) is 24.1 Å². The van der Waals surface area contributed by atoms with E-state index in [0.29, 0.717) is 0 Å². The summed E-state index contributed by atoms with van der Waals surface area (Å²) in [7, 11) is 0. The van der Waals surface area contributed by atoms with Crippen molar-refractivity contribution in [3.8, 4) is 22.3 Å². The van der Waals surface area contributed by atoms with E-state index in [-0.39, 0.29) is 17.7 Å². The fourth-order valence-electron chi connectivity index (χ4n) is 12.7. The van der Waals surface area contributed by atoms with Crippen molar-refractivity contribution in [3.63, 3.8) is 0 Å². The zero-order valence-electron chi connectivity index (χ0n) is 45.1. The molecule has 10 rings (SSSR count). The molecule has 7 aromatic carbocycles. The molecule has 0 amide bonds. The van der Waals surface area contributed by atoms with Crippen molar-refractivity contribution in [2.24, 2.45) is 0 Å². The molecule has 7 aromatic rings. The third kappa shape index (κ3) is 10.00. The molecule has 2 unspecified atom stereocenters. The van der Waals surface area contributed by atoms with E-state index < -0.39 is 0 Å². The van der Waals surface area contributed by atoms with Gasteiger partial charge in [-0.2, -0.15) is 0 Å². The van der Waals surface area contributed by atoms with Crippen LogP contribution in [0.3, 0.4) is 0 Å². The standard InChI is InChI=1S/C69H78I2N2/c1-9-12-14-16-18-20-24-48-27-34-54(35-28-48)73-64-42-31-50(44-62(64)66(4,5)63-46-60-61(47-65(63)73)68(60,8)71)49-29-36-52(37-30-49)72(53-38-32-51(33-39-53)67(6,7)70)55-40-41-57-56-25-21-22-26-58(56)69(11-3,59(57)45-55)43-23-19-17-15-13-10-2/h21-22,25-42,44-47H,9-20,23-24,43H2,1-8H3. The van der Waals surface area contributed by atoms with Gasteiger partial charge < -0.3 is 9.80 Å². The monoisotopic (exact) mass is 1190 g/mol. The summed E-state index contributed by atoms with van der Waals surface area (Å²) in [5.74, 6) is 0. The minimum absolute atomic E-state index is 0.00175. The highest BCUT2D eigenvalue weighted by atomic mass is 127. The van der Waals surface area contributed by atoms with Crippen molar-refractivity contribution < 1.29 is 0 Å². The molecule has 0 saturated carbocycles. The van der Waals surface area contributed by atoms with Crippen LogP contribution >= 0.6 is 45.2 Å². The van der Waals surface area contributed by atoms with E-state index in [1.165, 1.54) is 184 Å². The molecule has 378 valence electrons. The van der Waals surface area contributed by atoms with E-state index in [4.69, 9.17) is 0 Å². The van der Waals surface area contributed by atoms with Crippen LogP contribution in [0, 0.1) is 0 Å². The average molecular weight is 1190 g/mol. The van der Waals surface area contributed by atoms with Crippen LogP contribution in [0.15, 0.2) is 146 Å². The second kappa shape index (κ2) is 21.3. The quantitative estimate of drug-likeness (QED) is 0.0402. The largest absolute Gasteiger partial charge is 0.310 e. The second-order valence-corrected chi connectivity index (χ2v) is 27.8. The Morgan fingerprint density at radius 3 is 1.74 bits per heavy atom. The molecule has 2 nitrogen and oxygen atoms in total. The van der Waals surface area contributed by atoms with E-state index in [1.807, 2.05) is 0 Å². The lowest BCUT2D eigenvalue weighted by Crippen LogP contribution is -2.30. The molecule has 2 atom stereocenters. The molecular formula is C69H78I2N2. The number of aryl methyl sites for hydroxylation is 1. The van der Waals surface area contributed by atoms with Gasteiger partial charge in [0.15, 0.2) is 0 Å². The fourth-order valence-corrected chi connectivity index (χ4v) is 13.8. The van der Waals surface area contributed by atoms with E-state index in [9.17, 15) is 0 Å². The van der Waals surface area contributed by atoms with Gasteiger partial charge in [0, 0.05) is 37.0 Å². The first-order valence-electron chi connectivity index (χ1n) is 28.1. The van der Waals surface area contributed by atoms with Crippen LogP contribution in [0.25, 0.3) is 22.3 Å². The maximum Gasteiger partial charge on any atom is 0.0698 e. The molecule has 0 N–H and O–H groups in total. The molecular weight excluding hydrogens is 1110 g/mol. The summed E-state index contributed by atoms with van der Waals surface area (Å²) in [4.78, 5) is 5.06. The Balaban J connectivity index is 1.00. The number of unbranched alkanes of at least 4 members (excludes halogenated alkanes) is 10. The Kier molecular flexibility index (Phi) is 15.2. The van der Waals surface area contributed by atoms with Crippen molar-refractivity contribution >= 4 is 79.3 Å². The first-order valence-corrected chi connectivity index (χ1v) is 30.2. The zero-order chi connectivity index (χ0) is 51.1. The van der Waals surface area contributed by atoms with Gasteiger partial charge in [-0.1, -0.05) is 229 Å². The normalized spacial score (nSPS) is 17.9. The van der Waals surface area contributed by atoms with Crippen molar-refractivity contribution in [3.05, 3.63) is 190 Å². The van der Waals surface area contributed by atoms with Gasteiger partial charge in [-0.3, -0.25) is 0 Å². The van der Waals surface area contributed by atoms with Crippen molar-refractivity contribution in [2.75, 3.05) is 9.80 Å². The van der Waals surface area contributed by atoms with Crippen LogP contribution in [-0.4, -0.2) is 0 Å². The van der Waals surface area contributed by atoms with E-state index in [2.05, 4.69) is 256 Å². The number of hydrogen-bond acceptors (Lipinski definition) is 2. The Bertz CT molecular complexity index is 3060. The number of benzene rings is 7. The minimum Gasteiger partial charge on any atom is -0.310 e. The highest BCUT2D eigenvalue weighted by Crippen LogP contribution is 2.62. The second-order valence-electron chi connectivity index (χ2n) is 22.9. The summed E-state index contributed by atoms with van der Waals surface area (Å²) in [6.45, 7) is 18.9. The maximum absolute atomic E-state index is 2.65. The fraction of sp³-hybridized carbons (Fsp3) is 0.391. The van der Waals surface area contributed by atoms with Crippen molar-refractivity contribution in [2.45, 2.75) is 169 Å². The van der Waals surface area contributed by atoms with Gasteiger partial charge in [0.25, 0.3) is 0 Å². The lowest BCUT2D eigenvalue weighted by Gasteiger charge is -2.42. The van der Waals surface area contributed by atoms with Crippen LogP contribution in [0.4, 0.5) is 34.1 Å². The van der Waals surface area contributed by atoms with Gasteiger partial charge in [-0.15, -0.1) is 0 Å². The van der Waals surface area contributed by atoms with Crippen LogP contribution < -0.4 is 9.80 Å². The molecule has 4 heteroatoms. The highest BCUT2D eigenvalue weighted by Gasteiger charge is 2.48. The Labute approximate surface area is 467 Å². The molecule has 3 aliphatic rings. The number of nitrogens with zero attached hydrogens (tertiary/aromatic N) is 2. The smallest absolute Gasteiger partial charge is 0.0698 e. The number of fused-ring (bicyclic) bond motifs is 6. The number of anilines is 6. The Morgan fingerprint density at radius 2 is 1.07 bits per heavy atom. The third-order valence-corrected chi connectivity index (χ3v) is 19.0. The Morgan fingerprint density at radius 1 is 0.493 bits per heavy atom. The first-order chi connectivity index (χ1) is 35.2. The SMILES string of the molecule is CCCCCCCCc1ccc(N2c3ccc(-c4ccc(N(c5ccc(C(C)(C)I)cc5)c5ccc6c(c5)C(CC)(CCCCCCCC)c5ccccc5-6)cc4)cc3C(C)(C)c3cc4c(cc32)C4(C)I)cc1. The number of rotatable bonds is 21. The predicted molar refractivity (Wildman–Crippen MR) is 332 cm³/mol. The summed E-state index contributed by atoms with van der Waals surface area (Å²) in [5.41, 5.74) is 24.0. The zero-order valence-corrected chi connectivity index (χ0v) is 49.4. The summed E-state index contributed by atoms with van der Waals surface area (Å²) >= 11 is 5.22. The summed E-state index contributed by atoms with van der Waals surface area (Å²) in [5, 5.41) is 0. The van der Waals surface area contributed by atoms with Gasteiger partial charge in [0.1, 0.15) is 0 Å². The van der Waals surface area contributed by atoms with Crippen molar-refractivity contribution in [1.29, 1.82) is 0 Å². The molecule has 0 radical (unpaired) electrons. The van der Waals surface area contributed by atoms with Crippen LogP contribution in [0.5, 0.6) is 0 Å². The lowest BCUT2D eigenvalue weighted by molar-refractivity contribution is 0.434. The van der Waals surface area contributed by atoms with Crippen LogP contribution in [0.2, 0.25) is 0 Å². The number of halogens is 2. The molecule has 1 heterocycles. The van der Waals surface area contributed by atoms with E-state index in [0.717, 1.165) is 12.8 Å². The number of alkyl halides is 2. The van der Waals surface area contributed by atoms with Gasteiger partial charge in [0.05, 0.1) is 14.8 Å². The number of hydrogen-bond donors (Lipinski definition) is 0. The van der Waals surface area contributed by atoms with Crippen LogP contribution in [0.1, 0.15) is 190 Å². The maximum atomic E-state index is 2.65.